The van der Waals surface area contributed by atoms with E-state index in [9.17, 15) is 9.59 Å². The van der Waals surface area contributed by atoms with Crippen molar-refractivity contribution in [2.75, 3.05) is 32.8 Å². The van der Waals surface area contributed by atoms with Crippen molar-refractivity contribution in [3.05, 3.63) is 12.2 Å². The predicted octanol–water partition coefficient (Wildman–Crippen LogP) is -0.0180. The molecule has 2 aliphatic heterocycles. The molecule has 2 aliphatic rings. The topological polar surface area (TPSA) is 88.8 Å². The standard InChI is InChI=1S/C13H18N4O4/c18-11(7-16-5-6-20-8-12(16)19)17-4-2-1-3-10(17)13-14-9-21-15-13/h9-10H,1-8H2/t10-/m1/s1. The number of aromatic nitrogens is 2. The summed E-state index contributed by atoms with van der Waals surface area (Å²) >= 11 is 0. The number of carbonyl (C=O) groups is 2. The summed E-state index contributed by atoms with van der Waals surface area (Å²) in [7, 11) is 0. The van der Waals surface area contributed by atoms with Gasteiger partial charge in [-0.3, -0.25) is 9.59 Å². The first-order valence-electron chi connectivity index (χ1n) is 7.17. The summed E-state index contributed by atoms with van der Waals surface area (Å²) in [6.07, 6.45) is 4.08. The summed E-state index contributed by atoms with van der Waals surface area (Å²) in [5, 5.41) is 3.85. The summed E-state index contributed by atoms with van der Waals surface area (Å²) in [6.45, 7) is 1.76. The molecule has 1 aromatic heterocycles. The second-order valence-corrected chi connectivity index (χ2v) is 5.26. The Balaban J connectivity index is 1.68. The van der Waals surface area contributed by atoms with Gasteiger partial charge in [-0.15, -0.1) is 0 Å². The molecule has 3 heterocycles. The molecule has 2 saturated heterocycles. The molecule has 0 bridgehead atoms. The Bertz CT molecular complexity index is 504. The number of rotatable bonds is 3. The molecule has 1 aromatic rings. The van der Waals surface area contributed by atoms with Crippen molar-refractivity contribution in [3.8, 4) is 0 Å². The fraction of sp³-hybridized carbons (Fsp3) is 0.692. The molecule has 114 valence electrons. The molecule has 0 aliphatic carbocycles. The van der Waals surface area contributed by atoms with Gasteiger partial charge in [0.2, 0.25) is 18.2 Å². The molecule has 0 unspecified atom stereocenters. The van der Waals surface area contributed by atoms with Crippen LogP contribution in [0.1, 0.15) is 31.1 Å². The number of nitrogens with zero attached hydrogens (tertiary/aromatic N) is 4. The van der Waals surface area contributed by atoms with Gasteiger partial charge >= 0.3 is 0 Å². The molecular weight excluding hydrogens is 276 g/mol. The lowest BCUT2D eigenvalue weighted by molar-refractivity contribution is -0.150. The van der Waals surface area contributed by atoms with Crippen LogP contribution in [-0.2, 0) is 14.3 Å². The molecule has 0 radical (unpaired) electrons. The number of carbonyl (C=O) groups excluding carboxylic acids is 2. The fourth-order valence-corrected chi connectivity index (χ4v) is 2.80. The van der Waals surface area contributed by atoms with Gasteiger partial charge in [0.05, 0.1) is 19.2 Å². The van der Waals surface area contributed by atoms with Gasteiger partial charge in [-0.2, -0.15) is 4.98 Å². The van der Waals surface area contributed by atoms with E-state index in [4.69, 9.17) is 9.26 Å². The number of ether oxygens (including phenoxy) is 1. The van der Waals surface area contributed by atoms with Crippen LogP contribution in [-0.4, -0.2) is 64.6 Å². The Labute approximate surface area is 122 Å². The number of hydrogen-bond acceptors (Lipinski definition) is 6. The zero-order valence-corrected chi connectivity index (χ0v) is 11.7. The van der Waals surface area contributed by atoms with Gasteiger partial charge in [0.1, 0.15) is 6.61 Å². The molecule has 3 rings (SSSR count). The molecule has 1 atom stereocenters. The maximum atomic E-state index is 12.5. The maximum absolute atomic E-state index is 12.5. The SMILES string of the molecule is O=C1COCCN1CC(=O)N1CCCC[C@@H]1c1ncon1. The zero-order valence-electron chi connectivity index (χ0n) is 11.7. The lowest BCUT2D eigenvalue weighted by Crippen LogP contribution is -2.49. The Hall–Kier alpha value is -1.96. The minimum atomic E-state index is -0.152. The highest BCUT2D eigenvalue weighted by atomic mass is 16.5. The van der Waals surface area contributed by atoms with Gasteiger partial charge in [-0.05, 0) is 19.3 Å². The summed E-state index contributed by atoms with van der Waals surface area (Å²) < 4.78 is 9.85. The van der Waals surface area contributed by atoms with E-state index in [0.717, 1.165) is 19.3 Å². The van der Waals surface area contributed by atoms with Crippen LogP contribution in [0.25, 0.3) is 0 Å². The van der Waals surface area contributed by atoms with Crippen LogP contribution in [0.4, 0.5) is 0 Å². The average Bonchev–Trinajstić information content (AvgIpc) is 3.04. The van der Waals surface area contributed by atoms with E-state index in [1.165, 1.54) is 6.39 Å². The molecule has 2 fully saturated rings. The summed E-state index contributed by atoms with van der Waals surface area (Å²) in [6, 6.07) is -0.152. The zero-order chi connectivity index (χ0) is 14.7. The second-order valence-electron chi connectivity index (χ2n) is 5.26. The lowest BCUT2D eigenvalue weighted by Gasteiger charge is -2.36. The third-order valence-electron chi connectivity index (χ3n) is 3.91. The van der Waals surface area contributed by atoms with E-state index in [-0.39, 0.29) is 31.0 Å². The minimum absolute atomic E-state index is 0.0571. The van der Waals surface area contributed by atoms with Crippen molar-refractivity contribution >= 4 is 11.8 Å². The van der Waals surface area contributed by atoms with E-state index < -0.39 is 0 Å². The first-order chi connectivity index (χ1) is 10.3. The quantitative estimate of drug-likeness (QED) is 0.778. The first kappa shape index (κ1) is 14.0. The van der Waals surface area contributed by atoms with Gasteiger partial charge in [-0.25, -0.2) is 0 Å². The van der Waals surface area contributed by atoms with Crippen molar-refractivity contribution < 1.29 is 18.8 Å². The van der Waals surface area contributed by atoms with Crippen molar-refractivity contribution in [2.24, 2.45) is 0 Å². The largest absolute Gasteiger partial charge is 0.370 e. The highest BCUT2D eigenvalue weighted by molar-refractivity contribution is 5.86. The molecule has 2 amide bonds. The molecule has 0 saturated carbocycles. The first-order valence-corrected chi connectivity index (χ1v) is 7.17. The number of piperidine rings is 1. The molecule has 0 aromatic carbocycles. The van der Waals surface area contributed by atoms with Crippen molar-refractivity contribution in [2.45, 2.75) is 25.3 Å². The third kappa shape index (κ3) is 3.05. The second kappa shape index (κ2) is 6.21. The summed E-state index contributed by atoms with van der Waals surface area (Å²) in [5.74, 6) is 0.332. The van der Waals surface area contributed by atoms with Crippen LogP contribution >= 0.6 is 0 Å². The van der Waals surface area contributed by atoms with Crippen molar-refractivity contribution in [3.63, 3.8) is 0 Å². The highest BCUT2D eigenvalue weighted by Crippen LogP contribution is 2.28. The molecule has 21 heavy (non-hydrogen) atoms. The molecular formula is C13H18N4O4. The number of hydrogen-bond donors (Lipinski definition) is 0. The van der Waals surface area contributed by atoms with Crippen LogP contribution < -0.4 is 0 Å². The minimum Gasteiger partial charge on any atom is -0.370 e. The van der Waals surface area contributed by atoms with Crippen molar-refractivity contribution in [1.29, 1.82) is 0 Å². The summed E-state index contributed by atoms with van der Waals surface area (Å²) in [5.41, 5.74) is 0. The molecule has 0 N–H and O–H groups in total. The Kier molecular flexibility index (Phi) is 4.14. The van der Waals surface area contributed by atoms with E-state index in [1.54, 1.807) is 9.80 Å². The normalized spacial score (nSPS) is 23.4. The smallest absolute Gasteiger partial charge is 0.249 e. The highest BCUT2D eigenvalue weighted by Gasteiger charge is 2.32. The maximum Gasteiger partial charge on any atom is 0.249 e. The monoisotopic (exact) mass is 294 g/mol. The Morgan fingerprint density at radius 1 is 1.38 bits per heavy atom. The Morgan fingerprint density at radius 3 is 3.05 bits per heavy atom. The van der Waals surface area contributed by atoms with E-state index >= 15 is 0 Å². The van der Waals surface area contributed by atoms with Crippen LogP contribution in [0.5, 0.6) is 0 Å². The van der Waals surface area contributed by atoms with Crippen LogP contribution in [0.2, 0.25) is 0 Å². The van der Waals surface area contributed by atoms with Gasteiger partial charge in [0, 0.05) is 13.1 Å². The molecule has 0 spiro atoms. The molecule has 8 heteroatoms. The van der Waals surface area contributed by atoms with Gasteiger partial charge in [0.15, 0.2) is 5.82 Å². The summed E-state index contributed by atoms with van der Waals surface area (Å²) in [4.78, 5) is 31.6. The molecule has 8 nitrogen and oxygen atoms in total. The van der Waals surface area contributed by atoms with Gasteiger partial charge in [-0.1, -0.05) is 5.16 Å². The van der Waals surface area contributed by atoms with Gasteiger partial charge < -0.3 is 19.1 Å². The predicted molar refractivity (Wildman–Crippen MR) is 70.0 cm³/mol. The average molecular weight is 294 g/mol. The third-order valence-corrected chi connectivity index (χ3v) is 3.91. The van der Waals surface area contributed by atoms with E-state index in [2.05, 4.69) is 10.1 Å². The Morgan fingerprint density at radius 2 is 2.29 bits per heavy atom. The number of likely N-dealkylation sites (tertiary alicyclic amines) is 1. The van der Waals surface area contributed by atoms with Crippen LogP contribution in [0, 0.1) is 0 Å². The lowest BCUT2D eigenvalue weighted by atomic mass is 10.0. The van der Waals surface area contributed by atoms with Gasteiger partial charge in [0.25, 0.3) is 0 Å². The number of amides is 2. The van der Waals surface area contributed by atoms with Crippen LogP contribution in [0.3, 0.4) is 0 Å². The van der Waals surface area contributed by atoms with Crippen LogP contribution in [0.15, 0.2) is 10.9 Å². The fourth-order valence-electron chi connectivity index (χ4n) is 2.80. The van der Waals surface area contributed by atoms with E-state index in [1.807, 2.05) is 0 Å². The van der Waals surface area contributed by atoms with E-state index in [0.29, 0.717) is 25.5 Å². The number of morpholine rings is 1. The van der Waals surface area contributed by atoms with Crippen molar-refractivity contribution in [1.82, 2.24) is 19.9 Å².